The summed E-state index contributed by atoms with van der Waals surface area (Å²) >= 11 is 0. The highest BCUT2D eigenvalue weighted by Crippen LogP contribution is 2.31. The SMILES string of the molecule is CN1CCC(N)(C(=O)N2CCc3ccccc32)CC1. The standard InChI is InChI=1S/C15H21N3O/c1-17-10-7-15(16,8-11-17)14(19)18-9-6-12-4-2-3-5-13(12)18/h2-5H,6-11,16H2,1H3. The third-order valence-corrected chi connectivity index (χ3v) is 4.44. The van der Waals surface area contributed by atoms with E-state index in [1.54, 1.807) is 0 Å². The molecule has 19 heavy (non-hydrogen) atoms. The highest BCUT2D eigenvalue weighted by molar-refractivity contribution is 6.01. The first kappa shape index (κ1) is 12.6. The summed E-state index contributed by atoms with van der Waals surface area (Å²) in [4.78, 5) is 16.9. The van der Waals surface area contributed by atoms with Gasteiger partial charge in [0.05, 0.1) is 5.54 Å². The van der Waals surface area contributed by atoms with Crippen molar-refractivity contribution in [1.82, 2.24) is 4.90 Å². The molecule has 0 unspecified atom stereocenters. The lowest BCUT2D eigenvalue weighted by Crippen LogP contribution is -2.60. The fourth-order valence-electron chi connectivity index (χ4n) is 3.05. The van der Waals surface area contributed by atoms with Crippen LogP contribution in [0.4, 0.5) is 5.69 Å². The number of benzene rings is 1. The van der Waals surface area contributed by atoms with Crippen LogP contribution in [0.25, 0.3) is 0 Å². The fourth-order valence-corrected chi connectivity index (χ4v) is 3.05. The van der Waals surface area contributed by atoms with Gasteiger partial charge >= 0.3 is 0 Å². The number of hydrogen-bond donors (Lipinski definition) is 1. The summed E-state index contributed by atoms with van der Waals surface area (Å²) < 4.78 is 0. The molecule has 1 aromatic carbocycles. The Morgan fingerprint density at radius 2 is 1.89 bits per heavy atom. The first-order valence-electron chi connectivity index (χ1n) is 6.97. The predicted molar refractivity (Wildman–Crippen MR) is 76.1 cm³/mol. The Morgan fingerprint density at radius 3 is 2.63 bits per heavy atom. The maximum absolute atomic E-state index is 12.8. The number of para-hydroxylation sites is 1. The van der Waals surface area contributed by atoms with Crippen LogP contribution in [0.3, 0.4) is 0 Å². The van der Waals surface area contributed by atoms with Crippen LogP contribution in [0.15, 0.2) is 24.3 Å². The zero-order chi connectivity index (χ0) is 13.5. The van der Waals surface area contributed by atoms with Gasteiger partial charge in [0.2, 0.25) is 5.91 Å². The monoisotopic (exact) mass is 259 g/mol. The number of piperidine rings is 1. The van der Waals surface area contributed by atoms with Crippen LogP contribution in [-0.4, -0.2) is 43.0 Å². The van der Waals surface area contributed by atoms with Crippen molar-refractivity contribution in [3.8, 4) is 0 Å². The molecule has 0 atom stereocenters. The average Bonchev–Trinajstić information content (AvgIpc) is 2.85. The number of likely N-dealkylation sites (tertiary alicyclic amines) is 1. The third kappa shape index (κ3) is 2.15. The van der Waals surface area contributed by atoms with Crippen molar-refractivity contribution in [2.75, 3.05) is 31.6 Å². The summed E-state index contributed by atoms with van der Waals surface area (Å²) in [5, 5.41) is 0. The number of nitrogens with two attached hydrogens (primary N) is 1. The number of amides is 1. The summed E-state index contributed by atoms with van der Waals surface area (Å²) in [6.45, 7) is 2.57. The molecular formula is C15H21N3O. The molecule has 2 N–H and O–H groups in total. The van der Waals surface area contributed by atoms with Gasteiger partial charge in [-0.25, -0.2) is 0 Å². The van der Waals surface area contributed by atoms with E-state index in [1.807, 2.05) is 23.1 Å². The van der Waals surface area contributed by atoms with Crippen LogP contribution < -0.4 is 10.6 Å². The van der Waals surface area contributed by atoms with Gasteiger partial charge in [-0.05, 0) is 37.9 Å². The van der Waals surface area contributed by atoms with Gasteiger partial charge in [0.25, 0.3) is 0 Å². The summed E-state index contributed by atoms with van der Waals surface area (Å²) in [6, 6.07) is 8.14. The van der Waals surface area contributed by atoms with Gasteiger partial charge in [0.15, 0.2) is 0 Å². The maximum atomic E-state index is 12.8. The minimum absolute atomic E-state index is 0.102. The van der Waals surface area contributed by atoms with Gasteiger partial charge in [0, 0.05) is 25.3 Å². The van der Waals surface area contributed by atoms with Crippen molar-refractivity contribution in [2.45, 2.75) is 24.8 Å². The second-order valence-electron chi connectivity index (χ2n) is 5.79. The lowest BCUT2D eigenvalue weighted by molar-refractivity contribution is -0.125. The van der Waals surface area contributed by atoms with Gasteiger partial charge < -0.3 is 15.5 Å². The quantitative estimate of drug-likeness (QED) is 0.818. The van der Waals surface area contributed by atoms with Crippen LogP contribution in [0.1, 0.15) is 18.4 Å². The molecule has 2 aliphatic rings. The molecule has 1 amide bonds. The summed E-state index contributed by atoms with van der Waals surface area (Å²) in [7, 11) is 2.08. The largest absolute Gasteiger partial charge is 0.317 e. The average molecular weight is 259 g/mol. The van der Waals surface area contributed by atoms with E-state index in [2.05, 4.69) is 18.0 Å². The number of rotatable bonds is 1. The molecule has 4 nitrogen and oxygen atoms in total. The molecule has 4 heteroatoms. The Hall–Kier alpha value is -1.39. The Labute approximate surface area is 114 Å². The molecule has 2 aliphatic heterocycles. The maximum Gasteiger partial charge on any atom is 0.247 e. The summed E-state index contributed by atoms with van der Waals surface area (Å²) in [5.41, 5.74) is 8.02. The highest BCUT2D eigenvalue weighted by atomic mass is 16.2. The van der Waals surface area contributed by atoms with Crippen LogP contribution in [-0.2, 0) is 11.2 Å². The van der Waals surface area contributed by atoms with Gasteiger partial charge in [-0.15, -0.1) is 0 Å². The smallest absolute Gasteiger partial charge is 0.247 e. The van der Waals surface area contributed by atoms with Crippen molar-refractivity contribution < 1.29 is 4.79 Å². The molecule has 102 valence electrons. The van der Waals surface area contributed by atoms with E-state index in [9.17, 15) is 4.79 Å². The molecule has 0 aromatic heterocycles. The zero-order valence-corrected chi connectivity index (χ0v) is 11.4. The lowest BCUT2D eigenvalue weighted by atomic mass is 9.87. The van der Waals surface area contributed by atoms with E-state index in [-0.39, 0.29) is 5.91 Å². The zero-order valence-electron chi connectivity index (χ0n) is 11.4. The number of carbonyl (C=O) groups excluding carboxylic acids is 1. The van der Waals surface area contributed by atoms with Crippen molar-refractivity contribution >= 4 is 11.6 Å². The van der Waals surface area contributed by atoms with E-state index in [0.29, 0.717) is 0 Å². The van der Waals surface area contributed by atoms with E-state index in [4.69, 9.17) is 5.73 Å². The molecular weight excluding hydrogens is 238 g/mol. The number of anilines is 1. The Bertz CT molecular complexity index is 492. The number of hydrogen-bond acceptors (Lipinski definition) is 3. The van der Waals surface area contributed by atoms with Crippen molar-refractivity contribution in [1.29, 1.82) is 0 Å². The van der Waals surface area contributed by atoms with Gasteiger partial charge in [-0.2, -0.15) is 0 Å². The van der Waals surface area contributed by atoms with E-state index in [0.717, 1.165) is 44.6 Å². The molecule has 2 heterocycles. The van der Waals surface area contributed by atoms with Gasteiger partial charge in [-0.1, -0.05) is 18.2 Å². The Kier molecular flexibility index (Phi) is 3.07. The normalized spacial score (nSPS) is 22.3. The predicted octanol–water partition coefficient (Wildman–Crippen LogP) is 0.999. The van der Waals surface area contributed by atoms with Crippen LogP contribution in [0.5, 0.6) is 0 Å². The topological polar surface area (TPSA) is 49.6 Å². The van der Waals surface area contributed by atoms with E-state index < -0.39 is 5.54 Å². The first-order valence-corrected chi connectivity index (χ1v) is 6.97. The molecule has 1 saturated heterocycles. The Morgan fingerprint density at radius 1 is 1.21 bits per heavy atom. The van der Waals surface area contributed by atoms with Crippen LogP contribution >= 0.6 is 0 Å². The second kappa shape index (κ2) is 4.62. The number of nitrogens with zero attached hydrogens (tertiary/aromatic N) is 2. The molecule has 1 fully saturated rings. The van der Waals surface area contributed by atoms with Crippen LogP contribution in [0, 0.1) is 0 Å². The summed E-state index contributed by atoms with van der Waals surface area (Å²) in [5.74, 6) is 0.102. The van der Waals surface area contributed by atoms with Gasteiger partial charge in [0.1, 0.15) is 0 Å². The molecule has 0 saturated carbocycles. The molecule has 0 radical (unpaired) electrons. The Balaban J connectivity index is 1.82. The minimum Gasteiger partial charge on any atom is -0.317 e. The number of carbonyl (C=O) groups is 1. The molecule has 1 aromatic rings. The summed E-state index contributed by atoms with van der Waals surface area (Å²) in [6.07, 6.45) is 2.44. The molecule has 3 rings (SSSR count). The van der Waals surface area contributed by atoms with E-state index >= 15 is 0 Å². The van der Waals surface area contributed by atoms with Crippen LogP contribution in [0.2, 0.25) is 0 Å². The molecule has 0 bridgehead atoms. The lowest BCUT2D eigenvalue weighted by Gasteiger charge is -2.38. The third-order valence-electron chi connectivity index (χ3n) is 4.44. The minimum atomic E-state index is -0.677. The van der Waals surface area contributed by atoms with Gasteiger partial charge in [-0.3, -0.25) is 4.79 Å². The van der Waals surface area contributed by atoms with E-state index in [1.165, 1.54) is 5.56 Å². The molecule has 0 spiro atoms. The number of fused-ring (bicyclic) bond motifs is 1. The fraction of sp³-hybridized carbons (Fsp3) is 0.533. The van der Waals surface area contributed by atoms with Crippen molar-refractivity contribution in [3.63, 3.8) is 0 Å². The second-order valence-corrected chi connectivity index (χ2v) is 5.79. The first-order chi connectivity index (χ1) is 9.10. The van der Waals surface area contributed by atoms with Crippen molar-refractivity contribution in [2.24, 2.45) is 5.73 Å². The highest BCUT2D eigenvalue weighted by Gasteiger charge is 2.41. The molecule has 0 aliphatic carbocycles. The van der Waals surface area contributed by atoms with Crippen molar-refractivity contribution in [3.05, 3.63) is 29.8 Å².